The number of aliphatic hydroxyl groups excluding tert-OH is 1. The quantitative estimate of drug-likeness (QED) is 0.372. The topological polar surface area (TPSA) is 81.2 Å². The lowest BCUT2D eigenvalue weighted by Gasteiger charge is -2.34. The van der Waals surface area contributed by atoms with Crippen LogP contribution in [0.2, 0.25) is 0 Å². The van der Waals surface area contributed by atoms with Crippen LogP contribution in [0.1, 0.15) is 46.3 Å². The predicted octanol–water partition coefficient (Wildman–Crippen LogP) is 3.52. The number of nitrogens with zero attached hydrogens (tertiary/aromatic N) is 2. The van der Waals surface area contributed by atoms with E-state index in [4.69, 9.17) is 0 Å². The lowest BCUT2D eigenvalue weighted by Crippen LogP contribution is -2.37. The molecule has 7 heteroatoms. The molecule has 34 heavy (non-hydrogen) atoms. The number of carbonyl (C=O) groups is 1. The van der Waals surface area contributed by atoms with Crippen molar-refractivity contribution in [3.63, 3.8) is 0 Å². The van der Waals surface area contributed by atoms with Gasteiger partial charge in [-0.3, -0.25) is 9.89 Å². The van der Waals surface area contributed by atoms with E-state index in [1.807, 2.05) is 24.4 Å². The number of benzene rings is 2. The molecule has 0 saturated carbocycles. The first kappa shape index (κ1) is 23.5. The molecule has 1 aliphatic rings. The highest BCUT2D eigenvalue weighted by molar-refractivity contribution is 5.95. The number of anilines is 1. The molecule has 1 aliphatic heterocycles. The number of aromatic nitrogens is 2. The Kier molecular flexibility index (Phi) is 7.95. The zero-order valence-electron chi connectivity index (χ0n) is 19.1. The number of carbonyl (C=O) groups excluding carboxylic acids is 1. The first-order valence-electron chi connectivity index (χ1n) is 11.7. The van der Waals surface area contributed by atoms with Crippen LogP contribution in [0.5, 0.6) is 0 Å². The summed E-state index contributed by atoms with van der Waals surface area (Å²) in [7, 11) is 0. The van der Waals surface area contributed by atoms with Gasteiger partial charge in [-0.1, -0.05) is 11.8 Å². The maximum atomic E-state index is 13.3. The summed E-state index contributed by atoms with van der Waals surface area (Å²) in [5.74, 6) is 6.07. The third-order valence-corrected chi connectivity index (χ3v) is 6.04. The largest absolute Gasteiger partial charge is 0.396 e. The number of rotatable bonds is 7. The van der Waals surface area contributed by atoms with Gasteiger partial charge in [-0.2, -0.15) is 5.10 Å². The van der Waals surface area contributed by atoms with Crippen LogP contribution < -0.4 is 10.2 Å². The standard InChI is InChI=1S/C27H29FN4O2/c28-25-10-6-20(7-11-25)5-8-23-15-24(27(34)29-13-1-3-21-16-30-31-17-21)9-12-26(23)32-14-2-4-22(18-32)19-33/h6-7,9-12,15-17,22,33H,1-4,13-14,18-19H2,(H,29,34)(H,30,31). The molecular weight excluding hydrogens is 431 g/mol. The minimum Gasteiger partial charge on any atom is -0.396 e. The van der Waals surface area contributed by atoms with Crippen LogP contribution in [-0.4, -0.2) is 47.5 Å². The minimum atomic E-state index is -0.305. The van der Waals surface area contributed by atoms with Gasteiger partial charge in [0.15, 0.2) is 0 Å². The SMILES string of the molecule is O=C(NCCCc1cn[nH]c1)c1ccc(N2CCCC(CO)C2)c(C#Cc2ccc(F)cc2)c1. The van der Waals surface area contributed by atoms with Gasteiger partial charge in [0.25, 0.3) is 5.91 Å². The molecule has 0 bridgehead atoms. The van der Waals surface area contributed by atoms with Crippen LogP contribution in [0.25, 0.3) is 0 Å². The molecule has 2 heterocycles. The zero-order chi connectivity index (χ0) is 23.8. The molecule has 0 aliphatic carbocycles. The van der Waals surface area contributed by atoms with Crippen molar-refractivity contribution in [1.82, 2.24) is 15.5 Å². The normalized spacial score (nSPS) is 15.5. The van der Waals surface area contributed by atoms with E-state index in [-0.39, 0.29) is 24.2 Å². The third kappa shape index (κ3) is 6.24. The number of hydrogen-bond acceptors (Lipinski definition) is 4. The Hall–Kier alpha value is -3.63. The molecular formula is C27H29FN4O2. The molecule has 1 saturated heterocycles. The number of aromatic amines is 1. The molecule has 1 fully saturated rings. The van der Waals surface area contributed by atoms with E-state index in [0.29, 0.717) is 17.7 Å². The Morgan fingerprint density at radius 1 is 1.24 bits per heavy atom. The van der Waals surface area contributed by atoms with E-state index in [1.54, 1.807) is 18.3 Å². The monoisotopic (exact) mass is 460 g/mol. The van der Waals surface area contributed by atoms with Crippen LogP contribution in [0, 0.1) is 23.6 Å². The predicted molar refractivity (Wildman–Crippen MR) is 130 cm³/mol. The van der Waals surface area contributed by atoms with Crippen molar-refractivity contribution in [2.24, 2.45) is 5.92 Å². The average molecular weight is 461 g/mol. The number of hydrogen-bond donors (Lipinski definition) is 3. The molecule has 0 radical (unpaired) electrons. The third-order valence-electron chi connectivity index (χ3n) is 6.04. The van der Waals surface area contributed by atoms with Crippen LogP contribution in [-0.2, 0) is 6.42 Å². The second-order valence-corrected chi connectivity index (χ2v) is 8.59. The van der Waals surface area contributed by atoms with Gasteiger partial charge in [0.2, 0.25) is 0 Å². The summed E-state index contributed by atoms with van der Waals surface area (Å²) in [5.41, 5.74) is 4.05. The Morgan fingerprint density at radius 2 is 2.09 bits per heavy atom. The number of piperidine rings is 1. The second kappa shape index (κ2) is 11.5. The lowest BCUT2D eigenvalue weighted by atomic mass is 9.97. The molecule has 3 aromatic rings. The number of aliphatic hydroxyl groups is 1. The molecule has 1 unspecified atom stereocenters. The van der Waals surface area contributed by atoms with Crippen molar-refractivity contribution in [2.75, 3.05) is 31.1 Å². The van der Waals surface area contributed by atoms with Gasteiger partial charge in [-0.15, -0.1) is 0 Å². The molecule has 3 N–H and O–H groups in total. The number of amides is 1. The maximum absolute atomic E-state index is 13.3. The van der Waals surface area contributed by atoms with Crippen molar-refractivity contribution in [3.05, 3.63) is 82.9 Å². The van der Waals surface area contributed by atoms with Crippen LogP contribution in [0.3, 0.4) is 0 Å². The molecule has 2 aromatic carbocycles. The van der Waals surface area contributed by atoms with E-state index in [0.717, 1.165) is 55.6 Å². The van der Waals surface area contributed by atoms with Crippen LogP contribution in [0.15, 0.2) is 54.9 Å². The highest BCUT2D eigenvalue weighted by Gasteiger charge is 2.21. The Bertz CT molecular complexity index is 1150. The number of nitrogens with one attached hydrogen (secondary N) is 2. The van der Waals surface area contributed by atoms with Gasteiger partial charge in [-0.05, 0) is 79.6 Å². The summed E-state index contributed by atoms with van der Waals surface area (Å²) in [5, 5.41) is 19.3. The molecule has 176 valence electrons. The molecule has 1 atom stereocenters. The first-order chi connectivity index (χ1) is 16.6. The lowest BCUT2D eigenvalue weighted by molar-refractivity contribution is 0.0953. The summed E-state index contributed by atoms with van der Waals surface area (Å²) in [6, 6.07) is 11.6. The summed E-state index contributed by atoms with van der Waals surface area (Å²) in [6.45, 7) is 2.35. The van der Waals surface area contributed by atoms with Gasteiger partial charge >= 0.3 is 0 Å². The zero-order valence-corrected chi connectivity index (χ0v) is 19.1. The Balaban J connectivity index is 1.52. The van der Waals surface area contributed by atoms with Crippen molar-refractivity contribution in [3.8, 4) is 11.8 Å². The van der Waals surface area contributed by atoms with Gasteiger partial charge in [0.1, 0.15) is 5.82 Å². The summed E-state index contributed by atoms with van der Waals surface area (Å²) < 4.78 is 13.3. The summed E-state index contributed by atoms with van der Waals surface area (Å²) in [4.78, 5) is 15.0. The van der Waals surface area contributed by atoms with Gasteiger partial charge in [0, 0.05) is 49.1 Å². The van der Waals surface area contributed by atoms with E-state index in [9.17, 15) is 14.3 Å². The van der Waals surface area contributed by atoms with Crippen molar-refractivity contribution >= 4 is 11.6 Å². The number of halogens is 1. The average Bonchev–Trinajstić information content (AvgIpc) is 3.39. The van der Waals surface area contributed by atoms with E-state index in [1.165, 1.54) is 12.1 Å². The van der Waals surface area contributed by atoms with E-state index >= 15 is 0 Å². The van der Waals surface area contributed by atoms with Crippen molar-refractivity contribution in [1.29, 1.82) is 0 Å². The molecule has 1 amide bonds. The molecule has 4 rings (SSSR count). The van der Waals surface area contributed by atoms with E-state index in [2.05, 4.69) is 32.3 Å². The fraction of sp³-hybridized carbons (Fsp3) is 0.333. The summed E-state index contributed by atoms with van der Waals surface area (Å²) >= 11 is 0. The summed E-state index contributed by atoms with van der Waals surface area (Å²) in [6.07, 6.45) is 7.29. The van der Waals surface area contributed by atoms with Crippen LogP contribution >= 0.6 is 0 Å². The molecule has 0 spiro atoms. The molecule has 6 nitrogen and oxygen atoms in total. The highest BCUT2D eigenvalue weighted by atomic mass is 19.1. The number of aryl methyl sites for hydroxylation is 1. The van der Waals surface area contributed by atoms with Crippen LogP contribution in [0.4, 0.5) is 10.1 Å². The fourth-order valence-electron chi connectivity index (χ4n) is 4.17. The Morgan fingerprint density at radius 3 is 2.85 bits per heavy atom. The van der Waals surface area contributed by atoms with Crippen molar-refractivity contribution < 1.29 is 14.3 Å². The van der Waals surface area contributed by atoms with E-state index < -0.39 is 0 Å². The first-order valence-corrected chi connectivity index (χ1v) is 11.7. The Labute approximate surface area is 199 Å². The smallest absolute Gasteiger partial charge is 0.251 e. The van der Waals surface area contributed by atoms with Gasteiger partial charge in [0.05, 0.1) is 11.9 Å². The maximum Gasteiger partial charge on any atom is 0.251 e. The number of H-pyrrole nitrogens is 1. The second-order valence-electron chi connectivity index (χ2n) is 8.59. The van der Waals surface area contributed by atoms with Gasteiger partial charge in [-0.25, -0.2) is 4.39 Å². The molecule has 1 aromatic heterocycles. The van der Waals surface area contributed by atoms with Crippen molar-refractivity contribution in [2.45, 2.75) is 25.7 Å². The highest BCUT2D eigenvalue weighted by Crippen LogP contribution is 2.27. The fourth-order valence-corrected chi connectivity index (χ4v) is 4.17. The van der Waals surface area contributed by atoms with Gasteiger partial charge < -0.3 is 15.3 Å². The minimum absolute atomic E-state index is 0.143.